The second-order valence-corrected chi connectivity index (χ2v) is 7.54. The highest BCUT2D eigenvalue weighted by atomic mass is 16.2. The van der Waals surface area contributed by atoms with E-state index in [0.29, 0.717) is 36.1 Å². The van der Waals surface area contributed by atoms with Crippen molar-refractivity contribution in [2.75, 3.05) is 31.1 Å². The summed E-state index contributed by atoms with van der Waals surface area (Å²) in [7, 11) is 0. The quantitative estimate of drug-likeness (QED) is 0.687. The number of hydrogen-bond acceptors (Lipinski definition) is 4. The topological polar surface area (TPSA) is 58.4 Å². The second-order valence-electron chi connectivity index (χ2n) is 7.54. The van der Waals surface area contributed by atoms with E-state index in [9.17, 15) is 9.59 Å². The van der Waals surface area contributed by atoms with Crippen molar-refractivity contribution < 1.29 is 4.79 Å². The van der Waals surface area contributed by atoms with Crippen LogP contribution in [-0.4, -0.2) is 46.8 Å². The Morgan fingerprint density at radius 3 is 2.41 bits per heavy atom. The van der Waals surface area contributed by atoms with Crippen molar-refractivity contribution in [3.8, 4) is 0 Å². The van der Waals surface area contributed by atoms with Crippen LogP contribution in [-0.2, 0) is 6.54 Å². The van der Waals surface area contributed by atoms with Crippen LogP contribution in [0.25, 0.3) is 10.8 Å². The van der Waals surface area contributed by atoms with Gasteiger partial charge >= 0.3 is 0 Å². The Labute approximate surface area is 170 Å². The van der Waals surface area contributed by atoms with E-state index in [1.54, 1.807) is 6.07 Å². The summed E-state index contributed by atoms with van der Waals surface area (Å²) in [6, 6.07) is 15.7. The second kappa shape index (κ2) is 8.07. The zero-order chi connectivity index (χ0) is 20.4. The number of aryl methyl sites for hydroxylation is 2. The van der Waals surface area contributed by atoms with Gasteiger partial charge in [0, 0.05) is 43.8 Å². The van der Waals surface area contributed by atoms with Gasteiger partial charge in [0.1, 0.15) is 0 Å². The van der Waals surface area contributed by atoms with Gasteiger partial charge in [0.2, 0.25) is 0 Å². The highest BCUT2D eigenvalue weighted by molar-refractivity contribution is 6.04. The molecule has 1 aliphatic rings. The largest absolute Gasteiger partial charge is 0.368 e. The molecule has 0 radical (unpaired) electrons. The molecule has 29 heavy (non-hydrogen) atoms. The Hall–Kier alpha value is -3.15. The minimum Gasteiger partial charge on any atom is -0.368 e. The molecule has 1 aromatic heterocycles. The molecule has 0 atom stereocenters. The van der Waals surface area contributed by atoms with Crippen LogP contribution in [0.15, 0.2) is 53.3 Å². The first kappa shape index (κ1) is 19.2. The van der Waals surface area contributed by atoms with Gasteiger partial charge in [-0.3, -0.25) is 9.59 Å². The molecule has 2 heterocycles. The summed E-state index contributed by atoms with van der Waals surface area (Å²) in [6.07, 6.45) is 0.786. The Balaban J connectivity index is 1.60. The van der Waals surface area contributed by atoms with Gasteiger partial charge in [0.05, 0.1) is 5.39 Å². The first-order chi connectivity index (χ1) is 14.1. The monoisotopic (exact) mass is 390 g/mol. The lowest BCUT2D eigenvalue weighted by atomic mass is 10.1. The molecule has 1 saturated heterocycles. The number of benzene rings is 2. The third kappa shape index (κ3) is 3.75. The molecule has 6 heteroatoms. The average molecular weight is 390 g/mol. The lowest BCUT2D eigenvalue weighted by molar-refractivity contribution is 0.0740. The number of amides is 1. The predicted molar refractivity (Wildman–Crippen MR) is 116 cm³/mol. The molecule has 1 aliphatic heterocycles. The summed E-state index contributed by atoms with van der Waals surface area (Å²) >= 11 is 0. The van der Waals surface area contributed by atoms with Crippen molar-refractivity contribution in [1.29, 1.82) is 0 Å². The van der Waals surface area contributed by atoms with Gasteiger partial charge in [-0.25, -0.2) is 4.68 Å². The zero-order valence-corrected chi connectivity index (χ0v) is 17.0. The molecule has 0 aliphatic carbocycles. The fraction of sp³-hybridized carbons (Fsp3) is 0.348. The summed E-state index contributed by atoms with van der Waals surface area (Å²) in [4.78, 5) is 30.1. The predicted octanol–water partition coefficient (Wildman–Crippen LogP) is 3.08. The Bertz CT molecular complexity index is 1100. The van der Waals surface area contributed by atoms with Gasteiger partial charge in [-0.1, -0.05) is 37.3 Å². The van der Waals surface area contributed by atoms with Crippen LogP contribution in [0, 0.1) is 6.92 Å². The number of carbonyl (C=O) groups excluding carboxylic acids is 1. The van der Waals surface area contributed by atoms with E-state index in [1.807, 2.05) is 30.0 Å². The van der Waals surface area contributed by atoms with E-state index in [-0.39, 0.29) is 11.5 Å². The van der Waals surface area contributed by atoms with Crippen molar-refractivity contribution >= 4 is 22.4 Å². The Morgan fingerprint density at radius 2 is 1.72 bits per heavy atom. The molecular formula is C23H26N4O2. The number of rotatable bonds is 4. The molecule has 0 N–H and O–H groups in total. The summed E-state index contributed by atoms with van der Waals surface area (Å²) in [6.45, 7) is 7.42. The normalized spacial score (nSPS) is 14.4. The van der Waals surface area contributed by atoms with Gasteiger partial charge in [-0.05, 0) is 37.1 Å². The van der Waals surface area contributed by atoms with Crippen LogP contribution in [0.2, 0.25) is 0 Å². The highest BCUT2D eigenvalue weighted by Gasteiger charge is 2.26. The number of hydrogen-bond donors (Lipinski definition) is 0. The lowest BCUT2D eigenvalue weighted by Gasteiger charge is -2.36. The average Bonchev–Trinajstić information content (AvgIpc) is 2.75. The van der Waals surface area contributed by atoms with Crippen molar-refractivity contribution in [3.05, 3.63) is 70.1 Å². The molecule has 0 saturated carbocycles. The summed E-state index contributed by atoms with van der Waals surface area (Å²) in [5, 5.41) is 5.64. The van der Waals surface area contributed by atoms with E-state index < -0.39 is 0 Å². The van der Waals surface area contributed by atoms with Gasteiger partial charge in [-0.2, -0.15) is 5.10 Å². The molecule has 2 aromatic carbocycles. The van der Waals surface area contributed by atoms with Crippen LogP contribution in [0.4, 0.5) is 5.69 Å². The minimum absolute atomic E-state index is 0.102. The highest BCUT2D eigenvalue weighted by Crippen LogP contribution is 2.20. The van der Waals surface area contributed by atoms with Gasteiger partial charge in [-0.15, -0.1) is 0 Å². The van der Waals surface area contributed by atoms with E-state index in [4.69, 9.17) is 0 Å². The molecule has 0 spiro atoms. The van der Waals surface area contributed by atoms with Crippen LogP contribution >= 0.6 is 0 Å². The fourth-order valence-corrected chi connectivity index (χ4v) is 3.90. The lowest BCUT2D eigenvalue weighted by Crippen LogP contribution is -2.49. The van der Waals surface area contributed by atoms with E-state index in [2.05, 4.69) is 41.2 Å². The number of aromatic nitrogens is 2. The summed E-state index contributed by atoms with van der Waals surface area (Å²) in [5.41, 5.74) is 2.66. The summed E-state index contributed by atoms with van der Waals surface area (Å²) < 4.78 is 1.43. The zero-order valence-electron chi connectivity index (χ0n) is 17.0. The Kier molecular flexibility index (Phi) is 5.34. The van der Waals surface area contributed by atoms with E-state index in [1.165, 1.54) is 15.9 Å². The maximum Gasteiger partial charge on any atom is 0.275 e. The first-order valence-corrected chi connectivity index (χ1v) is 10.2. The van der Waals surface area contributed by atoms with Crippen molar-refractivity contribution in [1.82, 2.24) is 14.7 Å². The summed E-state index contributed by atoms with van der Waals surface area (Å²) in [5.74, 6) is -0.102. The molecule has 150 valence electrons. The number of fused-ring (bicyclic) bond motifs is 1. The molecule has 4 rings (SSSR count). The molecule has 1 amide bonds. The Morgan fingerprint density at radius 1 is 1.00 bits per heavy atom. The smallest absolute Gasteiger partial charge is 0.275 e. The first-order valence-electron chi connectivity index (χ1n) is 10.2. The minimum atomic E-state index is -0.136. The SMILES string of the molecule is CCCn1nc(C(=O)N2CCN(c3cccc(C)c3)CC2)c2ccccc2c1=O. The maximum absolute atomic E-state index is 13.3. The van der Waals surface area contributed by atoms with E-state index >= 15 is 0 Å². The number of nitrogens with zero attached hydrogens (tertiary/aromatic N) is 4. The molecular weight excluding hydrogens is 364 g/mol. The van der Waals surface area contributed by atoms with Crippen LogP contribution in [0.3, 0.4) is 0 Å². The third-order valence-corrected chi connectivity index (χ3v) is 5.44. The van der Waals surface area contributed by atoms with Crippen LogP contribution in [0.5, 0.6) is 0 Å². The molecule has 1 fully saturated rings. The van der Waals surface area contributed by atoms with Crippen molar-refractivity contribution in [3.63, 3.8) is 0 Å². The van der Waals surface area contributed by atoms with Crippen LogP contribution in [0.1, 0.15) is 29.4 Å². The standard InChI is InChI=1S/C23H26N4O2/c1-3-11-27-22(28)20-10-5-4-9-19(20)21(24-27)23(29)26-14-12-25(13-15-26)18-8-6-7-17(2)16-18/h4-10,16H,3,11-15H2,1-2H3. The molecule has 0 bridgehead atoms. The van der Waals surface area contributed by atoms with E-state index in [0.717, 1.165) is 19.5 Å². The van der Waals surface area contributed by atoms with Gasteiger partial charge in [0.25, 0.3) is 11.5 Å². The molecule has 3 aromatic rings. The maximum atomic E-state index is 13.3. The molecule has 6 nitrogen and oxygen atoms in total. The number of carbonyl (C=O) groups is 1. The fourth-order valence-electron chi connectivity index (χ4n) is 3.90. The van der Waals surface area contributed by atoms with Crippen molar-refractivity contribution in [2.45, 2.75) is 26.8 Å². The third-order valence-electron chi connectivity index (χ3n) is 5.44. The van der Waals surface area contributed by atoms with Gasteiger partial charge in [0.15, 0.2) is 5.69 Å². The molecule has 0 unspecified atom stereocenters. The number of piperazine rings is 1. The number of anilines is 1. The van der Waals surface area contributed by atoms with Crippen LogP contribution < -0.4 is 10.5 Å². The van der Waals surface area contributed by atoms with Gasteiger partial charge < -0.3 is 9.80 Å². The van der Waals surface area contributed by atoms with Crippen molar-refractivity contribution in [2.24, 2.45) is 0 Å².